The molecule has 1 unspecified atom stereocenters. The topological polar surface area (TPSA) is 54.4 Å². The summed E-state index contributed by atoms with van der Waals surface area (Å²) in [6.07, 6.45) is 1.17. The fourth-order valence-corrected chi connectivity index (χ4v) is 1.96. The molecule has 1 aromatic carbocycles. The van der Waals surface area contributed by atoms with Crippen LogP contribution in [0.25, 0.3) is 0 Å². The van der Waals surface area contributed by atoms with E-state index in [2.05, 4.69) is 10.3 Å². The van der Waals surface area contributed by atoms with Gasteiger partial charge in [0.25, 0.3) is 0 Å². The first-order chi connectivity index (χ1) is 10.1. The summed E-state index contributed by atoms with van der Waals surface area (Å²) in [5, 5.41) is 13.8. The molecule has 0 saturated carbocycles. The van der Waals surface area contributed by atoms with Gasteiger partial charge in [-0.2, -0.15) is 0 Å². The molecular formula is C16H19ClN2O2. The Balaban J connectivity index is 1.72. The van der Waals surface area contributed by atoms with Crippen LogP contribution in [-0.4, -0.2) is 29.3 Å². The van der Waals surface area contributed by atoms with Crippen molar-refractivity contribution in [2.45, 2.75) is 19.1 Å². The molecule has 2 aromatic rings. The van der Waals surface area contributed by atoms with Crippen LogP contribution < -0.4 is 10.1 Å². The van der Waals surface area contributed by atoms with Gasteiger partial charge in [0.15, 0.2) is 0 Å². The van der Waals surface area contributed by atoms with E-state index in [1.807, 2.05) is 25.1 Å². The van der Waals surface area contributed by atoms with Crippen molar-refractivity contribution in [2.75, 3.05) is 13.2 Å². The molecule has 0 aliphatic heterocycles. The van der Waals surface area contributed by atoms with Crippen LogP contribution in [0.15, 0.2) is 48.7 Å². The quantitative estimate of drug-likeness (QED) is 0.826. The highest BCUT2D eigenvalue weighted by Gasteiger charge is 2.10. The third-order valence-electron chi connectivity index (χ3n) is 3.05. The van der Waals surface area contributed by atoms with Crippen LogP contribution in [0.2, 0.25) is 5.02 Å². The first-order valence-electron chi connectivity index (χ1n) is 6.86. The molecule has 0 spiro atoms. The van der Waals surface area contributed by atoms with Crippen LogP contribution in [0.4, 0.5) is 0 Å². The molecule has 0 radical (unpaired) electrons. The summed E-state index contributed by atoms with van der Waals surface area (Å²) in [4.78, 5) is 4.27. The lowest BCUT2D eigenvalue weighted by molar-refractivity contribution is 0.104. The lowest BCUT2D eigenvalue weighted by Gasteiger charge is -2.17. The zero-order chi connectivity index (χ0) is 15.1. The van der Waals surface area contributed by atoms with E-state index in [0.29, 0.717) is 17.3 Å². The molecule has 0 aliphatic carbocycles. The number of nitrogens with zero attached hydrogens (tertiary/aromatic N) is 1. The summed E-state index contributed by atoms with van der Waals surface area (Å²) in [5.74, 6) is 0.691. The van der Waals surface area contributed by atoms with Crippen molar-refractivity contribution in [1.29, 1.82) is 0 Å². The molecule has 0 fully saturated rings. The molecule has 0 aliphatic rings. The molecule has 1 heterocycles. The number of pyridine rings is 1. The van der Waals surface area contributed by atoms with Gasteiger partial charge >= 0.3 is 0 Å². The average Bonchev–Trinajstić information content (AvgIpc) is 2.53. The SMILES string of the molecule is C[C@@H](NCC(O)COc1ccc(Cl)cc1)c1ccccn1. The zero-order valence-electron chi connectivity index (χ0n) is 11.9. The van der Waals surface area contributed by atoms with Crippen molar-refractivity contribution < 1.29 is 9.84 Å². The van der Waals surface area contributed by atoms with Gasteiger partial charge in [-0.3, -0.25) is 4.98 Å². The van der Waals surface area contributed by atoms with Gasteiger partial charge in [0.05, 0.1) is 5.69 Å². The van der Waals surface area contributed by atoms with Crippen molar-refractivity contribution in [3.63, 3.8) is 0 Å². The molecule has 2 atom stereocenters. The summed E-state index contributed by atoms with van der Waals surface area (Å²) in [6.45, 7) is 2.67. The minimum absolute atomic E-state index is 0.0800. The van der Waals surface area contributed by atoms with Crippen LogP contribution in [0, 0.1) is 0 Å². The van der Waals surface area contributed by atoms with Gasteiger partial charge in [0.1, 0.15) is 18.5 Å². The number of aliphatic hydroxyl groups excluding tert-OH is 1. The monoisotopic (exact) mass is 306 g/mol. The first kappa shape index (κ1) is 15.8. The number of rotatable bonds is 7. The number of hydrogen-bond donors (Lipinski definition) is 2. The number of aromatic nitrogens is 1. The zero-order valence-corrected chi connectivity index (χ0v) is 12.6. The maximum Gasteiger partial charge on any atom is 0.119 e. The summed E-state index contributed by atoms with van der Waals surface area (Å²) in [5.41, 5.74) is 0.948. The van der Waals surface area contributed by atoms with Gasteiger partial charge in [-0.05, 0) is 43.3 Å². The number of nitrogens with one attached hydrogen (secondary N) is 1. The fourth-order valence-electron chi connectivity index (χ4n) is 1.83. The van der Waals surface area contributed by atoms with Crippen molar-refractivity contribution in [3.05, 3.63) is 59.4 Å². The molecule has 112 valence electrons. The Morgan fingerprint density at radius 3 is 2.67 bits per heavy atom. The number of ether oxygens (including phenoxy) is 1. The fraction of sp³-hybridized carbons (Fsp3) is 0.312. The summed E-state index contributed by atoms with van der Waals surface area (Å²) >= 11 is 5.80. The summed E-state index contributed by atoms with van der Waals surface area (Å²) in [7, 11) is 0. The Hall–Kier alpha value is -1.62. The highest BCUT2D eigenvalue weighted by Crippen LogP contribution is 2.15. The first-order valence-corrected chi connectivity index (χ1v) is 7.23. The molecule has 0 saturated heterocycles. The second-order valence-electron chi connectivity index (χ2n) is 4.80. The van der Waals surface area contributed by atoms with Gasteiger partial charge < -0.3 is 15.2 Å². The third-order valence-corrected chi connectivity index (χ3v) is 3.30. The van der Waals surface area contributed by atoms with E-state index in [9.17, 15) is 5.11 Å². The van der Waals surface area contributed by atoms with Crippen LogP contribution in [0.5, 0.6) is 5.75 Å². The Labute approximate surface area is 129 Å². The van der Waals surface area contributed by atoms with Crippen molar-refractivity contribution >= 4 is 11.6 Å². The molecule has 1 aromatic heterocycles. The Bertz CT molecular complexity index is 534. The second kappa shape index (κ2) is 7.98. The number of hydrogen-bond acceptors (Lipinski definition) is 4. The van der Waals surface area contributed by atoms with Crippen LogP contribution >= 0.6 is 11.6 Å². The number of halogens is 1. The summed E-state index contributed by atoms with van der Waals surface area (Å²) in [6, 6.07) is 12.9. The largest absolute Gasteiger partial charge is 0.491 e. The summed E-state index contributed by atoms with van der Waals surface area (Å²) < 4.78 is 5.50. The molecule has 5 heteroatoms. The lowest BCUT2D eigenvalue weighted by Crippen LogP contribution is -2.33. The smallest absolute Gasteiger partial charge is 0.119 e. The van der Waals surface area contributed by atoms with E-state index in [-0.39, 0.29) is 12.6 Å². The van der Waals surface area contributed by atoms with E-state index in [0.717, 1.165) is 5.69 Å². The predicted molar refractivity (Wildman–Crippen MR) is 83.6 cm³/mol. The van der Waals surface area contributed by atoms with Crippen LogP contribution in [0.3, 0.4) is 0 Å². The Morgan fingerprint density at radius 2 is 2.00 bits per heavy atom. The van der Waals surface area contributed by atoms with Crippen molar-refractivity contribution in [1.82, 2.24) is 10.3 Å². The molecule has 0 bridgehead atoms. The van der Waals surface area contributed by atoms with Gasteiger partial charge in [0, 0.05) is 23.8 Å². The van der Waals surface area contributed by atoms with Gasteiger partial charge in [-0.15, -0.1) is 0 Å². The lowest BCUT2D eigenvalue weighted by atomic mass is 10.2. The highest BCUT2D eigenvalue weighted by molar-refractivity contribution is 6.30. The van der Waals surface area contributed by atoms with E-state index in [4.69, 9.17) is 16.3 Å². The van der Waals surface area contributed by atoms with E-state index in [1.54, 1.807) is 30.5 Å². The molecule has 2 rings (SSSR count). The van der Waals surface area contributed by atoms with Gasteiger partial charge in [0.2, 0.25) is 0 Å². The molecule has 21 heavy (non-hydrogen) atoms. The molecule has 4 nitrogen and oxygen atoms in total. The highest BCUT2D eigenvalue weighted by atomic mass is 35.5. The standard InChI is InChI=1S/C16H19ClN2O2/c1-12(16-4-2-3-9-18-16)19-10-14(20)11-21-15-7-5-13(17)6-8-15/h2-9,12,14,19-20H,10-11H2,1H3/t12-,14?/m1/s1. The number of aliphatic hydroxyl groups is 1. The van der Waals surface area contributed by atoms with E-state index < -0.39 is 6.10 Å². The average molecular weight is 307 g/mol. The van der Waals surface area contributed by atoms with E-state index in [1.165, 1.54) is 0 Å². The second-order valence-corrected chi connectivity index (χ2v) is 5.24. The van der Waals surface area contributed by atoms with Crippen LogP contribution in [-0.2, 0) is 0 Å². The van der Waals surface area contributed by atoms with E-state index >= 15 is 0 Å². The minimum atomic E-state index is -0.591. The molecule has 0 amide bonds. The Kier molecular flexibility index (Phi) is 5.99. The normalized spacial score (nSPS) is 13.7. The van der Waals surface area contributed by atoms with Gasteiger partial charge in [-0.25, -0.2) is 0 Å². The third kappa shape index (κ3) is 5.34. The van der Waals surface area contributed by atoms with Crippen molar-refractivity contribution in [2.24, 2.45) is 0 Å². The van der Waals surface area contributed by atoms with Gasteiger partial charge in [-0.1, -0.05) is 17.7 Å². The van der Waals surface area contributed by atoms with Crippen LogP contribution in [0.1, 0.15) is 18.7 Å². The molecular weight excluding hydrogens is 288 g/mol. The maximum absolute atomic E-state index is 9.93. The van der Waals surface area contributed by atoms with Crippen molar-refractivity contribution in [3.8, 4) is 5.75 Å². The minimum Gasteiger partial charge on any atom is -0.491 e. The maximum atomic E-state index is 9.93. The molecule has 2 N–H and O–H groups in total. The number of benzene rings is 1. The predicted octanol–water partition coefficient (Wildman–Crippen LogP) is 2.83. The Morgan fingerprint density at radius 1 is 1.24 bits per heavy atom.